The molecule has 0 aromatic heterocycles. The first kappa shape index (κ1) is 12.3. The van der Waals surface area contributed by atoms with E-state index >= 15 is 0 Å². The van der Waals surface area contributed by atoms with Crippen LogP contribution in [0.5, 0.6) is 0 Å². The molecular weight excluding hydrogens is 216 g/mol. The van der Waals surface area contributed by atoms with E-state index in [1.54, 1.807) is 6.92 Å². The Morgan fingerprint density at radius 1 is 1.59 bits per heavy atom. The molecule has 0 aromatic carbocycles. The number of carbonyl (C=O) groups is 2. The first-order valence-electron chi connectivity index (χ1n) is 6.40. The predicted octanol–water partition coefficient (Wildman–Crippen LogP) is 2.50. The van der Waals surface area contributed by atoms with E-state index in [1.165, 1.54) is 0 Å². The van der Waals surface area contributed by atoms with Crippen LogP contribution in [0.3, 0.4) is 0 Å². The normalized spacial score (nSPS) is 35.8. The van der Waals surface area contributed by atoms with Gasteiger partial charge in [0.1, 0.15) is 5.41 Å². The van der Waals surface area contributed by atoms with E-state index in [0.717, 1.165) is 18.4 Å². The molecule has 3 heteroatoms. The van der Waals surface area contributed by atoms with Gasteiger partial charge in [0.2, 0.25) is 0 Å². The predicted molar refractivity (Wildman–Crippen MR) is 64.3 cm³/mol. The van der Waals surface area contributed by atoms with E-state index < -0.39 is 5.41 Å². The molecule has 0 aliphatic heterocycles. The highest BCUT2D eigenvalue weighted by molar-refractivity contribution is 6.07. The Morgan fingerprint density at radius 3 is 2.88 bits per heavy atom. The van der Waals surface area contributed by atoms with Crippen molar-refractivity contribution in [3.8, 4) is 0 Å². The lowest BCUT2D eigenvalue weighted by Gasteiger charge is -2.28. The van der Waals surface area contributed by atoms with Crippen molar-refractivity contribution in [3.05, 3.63) is 12.2 Å². The molecule has 0 spiro atoms. The van der Waals surface area contributed by atoms with Crippen molar-refractivity contribution in [1.82, 2.24) is 0 Å². The van der Waals surface area contributed by atoms with Crippen LogP contribution in [0.2, 0.25) is 0 Å². The highest BCUT2D eigenvalue weighted by atomic mass is 16.5. The van der Waals surface area contributed by atoms with Crippen molar-refractivity contribution in [1.29, 1.82) is 0 Å². The number of fused-ring (bicyclic) bond motifs is 2. The zero-order valence-electron chi connectivity index (χ0n) is 10.6. The average molecular weight is 236 g/mol. The second kappa shape index (κ2) is 4.28. The van der Waals surface area contributed by atoms with Crippen molar-refractivity contribution in [2.75, 3.05) is 6.61 Å². The van der Waals surface area contributed by atoms with Crippen molar-refractivity contribution in [2.24, 2.45) is 17.3 Å². The number of esters is 1. The van der Waals surface area contributed by atoms with Crippen LogP contribution in [0, 0.1) is 17.3 Å². The summed E-state index contributed by atoms with van der Waals surface area (Å²) in [5.41, 5.74) is 0.180. The third-order valence-electron chi connectivity index (χ3n) is 4.28. The second-order valence-corrected chi connectivity index (χ2v) is 5.32. The van der Waals surface area contributed by atoms with E-state index in [0.29, 0.717) is 19.4 Å². The third-order valence-corrected chi connectivity index (χ3v) is 4.28. The van der Waals surface area contributed by atoms with Crippen LogP contribution in [-0.2, 0) is 14.3 Å². The molecule has 2 fully saturated rings. The van der Waals surface area contributed by atoms with Gasteiger partial charge in [-0.05, 0) is 39.0 Å². The van der Waals surface area contributed by atoms with Gasteiger partial charge in [0.25, 0.3) is 0 Å². The molecule has 0 unspecified atom stereocenters. The minimum atomic E-state index is -0.845. The van der Waals surface area contributed by atoms with Crippen LogP contribution >= 0.6 is 0 Å². The summed E-state index contributed by atoms with van der Waals surface area (Å²) in [6.45, 7) is 8.05. The first-order valence-corrected chi connectivity index (χ1v) is 6.40. The number of hydrogen-bond donors (Lipinski definition) is 0. The van der Waals surface area contributed by atoms with E-state index in [1.807, 2.05) is 6.92 Å². The Bertz CT molecular complexity index is 372. The maximum absolute atomic E-state index is 12.4. The maximum Gasteiger partial charge on any atom is 0.319 e. The van der Waals surface area contributed by atoms with Crippen LogP contribution in [0.25, 0.3) is 0 Å². The molecule has 0 saturated heterocycles. The van der Waals surface area contributed by atoms with Gasteiger partial charge in [0, 0.05) is 5.92 Å². The van der Waals surface area contributed by atoms with E-state index in [9.17, 15) is 9.59 Å². The van der Waals surface area contributed by atoms with Crippen molar-refractivity contribution >= 4 is 11.8 Å². The molecule has 94 valence electrons. The standard InChI is InChI=1S/C14H20O3/c1-4-17-13(16)14-7-5-6-10(12(14)15)11(8-14)9(2)3/h10-11H,2,4-8H2,1,3H3/t10-,11+,14-/m0/s1. The molecule has 0 heterocycles. The molecule has 2 saturated carbocycles. The van der Waals surface area contributed by atoms with Gasteiger partial charge in [-0.2, -0.15) is 0 Å². The summed E-state index contributed by atoms with van der Waals surface area (Å²) in [5.74, 6) is -0.0197. The minimum Gasteiger partial charge on any atom is -0.465 e. The third kappa shape index (κ3) is 1.72. The molecule has 3 atom stereocenters. The summed E-state index contributed by atoms with van der Waals surface area (Å²) < 4.78 is 5.11. The lowest BCUT2D eigenvalue weighted by atomic mass is 9.74. The molecule has 0 N–H and O–H groups in total. The minimum absolute atomic E-state index is 0.00524. The van der Waals surface area contributed by atoms with Crippen LogP contribution in [-0.4, -0.2) is 18.4 Å². The molecule has 2 aliphatic rings. The largest absolute Gasteiger partial charge is 0.465 e. The Balaban J connectivity index is 2.31. The zero-order valence-corrected chi connectivity index (χ0v) is 10.6. The topological polar surface area (TPSA) is 43.4 Å². The number of ketones is 1. The fraction of sp³-hybridized carbons (Fsp3) is 0.714. The Kier molecular flexibility index (Phi) is 3.11. The smallest absolute Gasteiger partial charge is 0.319 e. The number of carbonyl (C=O) groups excluding carboxylic acids is 2. The van der Waals surface area contributed by atoms with E-state index in [2.05, 4.69) is 6.58 Å². The zero-order chi connectivity index (χ0) is 12.6. The molecule has 2 aliphatic carbocycles. The molecular formula is C14H20O3. The van der Waals surface area contributed by atoms with Crippen molar-refractivity contribution in [3.63, 3.8) is 0 Å². The molecule has 17 heavy (non-hydrogen) atoms. The number of ether oxygens (including phenoxy) is 1. The van der Waals surface area contributed by atoms with Gasteiger partial charge in [-0.1, -0.05) is 18.6 Å². The fourth-order valence-electron chi connectivity index (χ4n) is 3.41. The summed E-state index contributed by atoms with van der Waals surface area (Å²) >= 11 is 0. The van der Waals surface area contributed by atoms with Gasteiger partial charge >= 0.3 is 5.97 Å². The quantitative estimate of drug-likeness (QED) is 0.429. The van der Waals surface area contributed by atoms with Gasteiger partial charge in [-0.25, -0.2) is 0 Å². The van der Waals surface area contributed by atoms with E-state index in [4.69, 9.17) is 4.74 Å². The number of hydrogen-bond acceptors (Lipinski definition) is 3. The Labute approximate surface area is 102 Å². The molecule has 0 amide bonds. The number of Topliss-reactive ketones (excluding diaryl/α,β-unsaturated/α-hetero) is 1. The van der Waals surface area contributed by atoms with Crippen LogP contribution in [0.4, 0.5) is 0 Å². The number of allylic oxidation sites excluding steroid dienone is 1. The second-order valence-electron chi connectivity index (χ2n) is 5.32. The number of rotatable bonds is 3. The summed E-state index contributed by atoms with van der Waals surface area (Å²) in [7, 11) is 0. The first-order chi connectivity index (χ1) is 8.03. The lowest BCUT2D eigenvalue weighted by Crippen LogP contribution is -2.41. The fourth-order valence-corrected chi connectivity index (χ4v) is 3.41. The SMILES string of the molecule is C=C(C)[C@H]1C[C@@]2(C(=O)OCC)CCC[C@@H]1C2=O. The summed E-state index contributed by atoms with van der Waals surface area (Å²) in [5, 5.41) is 0. The highest BCUT2D eigenvalue weighted by Crippen LogP contribution is 2.54. The van der Waals surface area contributed by atoms with E-state index in [-0.39, 0.29) is 23.6 Å². The summed E-state index contributed by atoms with van der Waals surface area (Å²) in [6.07, 6.45) is 3.12. The molecule has 3 nitrogen and oxygen atoms in total. The Hall–Kier alpha value is -1.12. The lowest BCUT2D eigenvalue weighted by molar-refractivity contribution is -0.161. The van der Waals surface area contributed by atoms with Crippen LogP contribution < -0.4 is 0 Å². The Morgan fingerprint density at radius 2 is 2.29 bits per heavy atom. The summed E-state index contributed by atoms with van der Waals surface area (Å²) in [6, 6.07) is 0. The average Bonchev–Trinajstić information content (AvgIpc) is 2.48. The van der Waals surface area contributed by atoms with Crippen molar-refractivity contribution < 1.29 is 14.3 Å². The van der Waals surface area contributed by atoms with Gasteiger partial charge in [-0.15, -0.1) is 0 Å². The molecule has 0 radical (unpaired) electrons. The van der Waals surface area contributed by atoms with Crippen molar-refractivity contribution in [2.45, 2.75) is 39.5 Å². The highest BCUT2D eigenvalue weighted by Gasteiger charge is 2.60. The summed E-state index contributed by atoms with van der Waals surface area (Å²) in [4.78, 5) is 24.5. The molecule has 2 bridgehead atoms. The molecule has 2 rings (SSSR count). The molecule has 0 aromatic rings. The van der Waals surface area contributed by atoms with Gasteiger partial charge in [0.05, 0.1) is 6.61 Å². The maximum atomic E-state index is 12.4. The van der Waals surface area contributed by atoms with Gasteiger partial charge < -0.3 is 4.74 Å². The van der Waals surface area contributed by atoms with Gasteiger partial charge in [0.15, 0.2) is 5.78 Å². The monoisotopic (exact) mass is 236 g/mol. The van der Waals surface area contributed by atoms with Crippen LogP contribution in [0.1, 0.15) is 39.5 Å². The van der Waals surface area contributed by atoms with Gasteiger partial charge in [-0.3, -0.25) is 9.59 Å². The van der Waals surface area contributed by atoms with Crippen LogP contribution in [0.15, 0.2) is 12.2 Å².